The van der Waals surface area contributed by atoms with Gasteiger partial charge < -0.3 is 4.74 Å². The van der Waals surface area contributed by atoms with Gasteiger partial charge in [0.15, 0.2) is 0 Å². The van der Waals surface area contributed by atoms with Gasteiger partial charge in [0.2, 0.25) is 0 Å². The van der Waals surface area contributed by atoms with E-state index in [1.165, 1.54) is 0 Å². The number of aryl methyl sites for hydroxylation is 1. The molecule has 0 saturated carbocycles. The minimum absolute atomic E-state index is 0.316. The summed E-state index contributed by atoms with van der Waals surface area (Å²) in [4.78, 5) is 17.3. The topological polar surface area (TPSA) is 69.9 Å². The fourth-order valence-electron chi connectivity index (χ4n) is 3.21. The van der Waals surface area contributed by atoms with E-state index >= 15 is 0 Å². The number of aromatic nitrogens is 4. The fourth-order valence-corrected chi connectivity index (χ4v) is 3.21. The molecule has 4 aromatic rings. The van der Waals surface area contributed by atoms with E-state index in [4.69, 9.17) is 9.72 Å². The summed E-state index contributed by atoms with van der Waals surface area (Å²) in [5.41, 5.74) is 4.56. The van der Waals surface area contributed by atoms with E-state index in [-0.39, 0.29) is 5.97 Å². The van der Waals surface area contributed by atoms with Gasteiger partial charge in [0.05, 0.1) is 35.4 Å². The number of carbonyl (C=O) groups is 1. The molecule has 0 N–H and O–H groups in total. The SMILES string of the molecule is CCOC(=O)c1c(Cn2nnc3ccccc32)nc2ccccc2c1C. The van der Waals surface area contributed by atoms with Crippen molar-refractivity contribution in [3.8, 4) is 0 Å². The lowest BCUT2D eigenvalue weighted by molar-refractivity contribution is 0.0523. The van der Waals surface area contributed by atoms with Crippen LogP contribution in [0.3, 0.4) is 0 Å². The number of ether oxygens (including phenoxy) is 1. The molecule has 2 aromatic heterocycles. The van der Waals surface area contributed by atoms with E-state index in [0.29, 0.717) is 24.4 Å². The molecule has 130 valence electrons. The molecule has 0 atom stereocenters. The largest absolute Gasteiger partial charge is 0.462 e. The van der Waals surface area contributed by atoms with Crippen molar-refractivity contribution < 1.29 is 9.53 Å². The van der Waals surface area contributed by atoms with E-state index in [2.05, 4.69) is 10.3 Å². The van der Waals surface area contributed by atoms with Crippen LogP contribution in [0.15, 0.2) is 48.5 Å². The van der Waals surface area contributed by atoms with E-state index in [9.17, 15) is 4.79 Å². The Bertz CT molecular complexity index is 1120. The number of fused-ring (bicyclic) bond motifs is 2. The number of esters is 1. The highest BCUT2D eigenvalue weighted by molar-refractivity contribution is 5.98. The Balaban J connectivity index is 1.89. The summed E-state index contributed by atoms with van der Waals surface area (Å²) in [6, 6.07) is 15.5. The summed E-state index contributed by atoms with van der Waals surface area (Å²) in [5, 5.41) is 9.35. The van der Waals surface area contributed by atoms with Crippen molar-refractivity contribution in [2.24, 2.45) is 0 Å². The van der Waals surface area contributed by atoms with Crippen molar-refractivity contribution in [3.63, 3.8) is 0 Å². The van der Waals surface area contributed by atoms with Crippen LogP contribution in [0.25, 0.3) is 21.9 Å². The van der Waals surface area contributed by atoms with Crippen LogP contribution in [-0.2, 0) is 11.3 Å². The standard InChI is InChI=1S/C20H18N4O2/c1-3-26-20(25)19-13(2)14-8-4-5-9-15(14)21-17(19)12-24-18-11-7-6-10-16(18)22-23-24/h4-11H,3,12H2,1-2H3. The lowest BCUT2D eigenvalue weighted by atomic mass is 10.0. The molecule has 0 saturated heterocycles. The normalized spacial score (nSPS) is 11.2. The molecular weight excluding hydrogens is 328 g/mol. The zero-order valence-corrected chi connectivity index (χ0v) is 14.6. The molecule has 0 radical (unpaired) electrons. The van der Waals surface area contributed by atoms with Gasteiger partial charge in [-0.2, -0.15) is 0 Å². The first kappa shape index (κ1) is 16.2. The third-order valence-corrected chi connectivity index (χ3v) is 4.43. The van der Waals surface area contributed by atoms with Crippen molar-refractivity contribution in [2.75, 3.05) is 6.61 Å². The van der Waals surface area contributed by atoms with E-state index in [1.54, 1.807) is 11.6 Å². The molecule has 0 unspecified atom stereocenters. The van der Waals surface area contributed by atoms with E-state index in [1.807, 2.05) is 55.5 Å². The van der Waals surface area contributed by atoms with Crippen molar-refractivity contribution >= 4 is 27.9 Å². The first-order valence-corrected chi connectivity index (χ1v) is 8.52. The molecule has 0 aliphatic heterocycles. The number of benzene rings is 2. The van der Waals surface area contributed by atoms with Gasteiger partial charge in [-0.15, -0.1) is 5.10 Å². The molecule has 0 aliphatic carbocycles. The quantitative estimate of drug-likeness (QED) is 0.529. The maximum Gasteiger partial charge on any atom is 0.340 e. The highest BCUT2D eigenvalue weighted by atomic mass is 16.5. The zero-order chi connectivity index (χ0) is 18.1. The van der Waals surface area contributed by atoms with Crippen LogP contribution in [0.4, 0.5) is 0 Å². The fraction of sp³-hybridized carbons (Fsp3) is 0.200. The van der Waals surface area contributed by atoms with Crippen LogP contribution in [0, 0.1) is 6.92 Å². The molecule has 2 aromatic carbocycles. The van der Waals surface area contributed by atoms with Gasteiger partial charge in [0.25, 0.3) is 0 Å². The number of hydrogen-bond donors (Lipinski definition) is 0. The van der Waals surface area contributed by atoms with Crippen molar-refractivity contribution in [3.05, 3.63) is 65.4 Å². The van der Waals surface area contributed by atoms with Crippen LogP contribution in [0.5, 0.6) is 0 Å². The average molecular weight is 346 g/mol. The Labute approximate surface area is 150 Å². The average Bonchev–Trinajstić information content (AvgIpc) is 3.05. The molecule has 26 heavy (non-hydrogen) atoms. The van der Waals surface area contributed by atoms with Gasteiger partial charge in [-0.3, -0.25) is 0 Å². The van der Waals surface area contributed by atoms with Gasteiger partial charge in [-0.25, -0.2) is 14.5 Å². The van der Waals surface area contributed by atoms with Crippen LogP contribution in [-0.4, -0.2) is 32.6 Å². The molecular formula is C20H18N4O2. The van der Waals surface area contributed by atoms with E-state index in [0.717, 1.165) is 27.5 Å². The summed E-state index contributed by atoms with van der Waals surface area (Å²) in [6.07, 6.45) is 0. The second kappa shape index (κ2) is 6.55. The maximum absolute atomic E-state index is 12.6. The highest BCUT2D eigenvalue weighted by Crippen LogP contribution is 2.25. The molecule has 6 nitrogen and oxygen atoms in total. The number of carbonyl (C=O) groups excluding carboxylic acids is 1. The number of hydrogen-bond acceptors (Lipinski definition) is 5. The van der Waals surface area contributed by atoms with Crippen LogP contribution in [0.1, 0.15) is 28.5 Å². The molecule has 4 rings (SSSR count). The summed E-state index contributed by atoms with van der Waals surface area (Å²) in [6.45, 7) is 4.39. The predicted octanol–water partition coefficient (Wildman–Crippen LogP) is 3.51. The molecule has 0 bridgehead atoms. The molecule has 6 heteroatoms. The molecule has 0 spiro atoms. The summed E-state index contributed by atoms with van der Waals surface area (Å²) in [5.74, 6) is -0.359. The first-order valence-electron chi connectivity index (χ1n) is 8.52. The predicted molar refractivity (Wildman–Crippen MR) is 99.1 cm³/mol. The second-order valence-corrected chi connectivity index (χ2v) is 6.03. The minimum Gasteiger partial charge on any atom is -0.462 e. The Morgan fingerprint density at radius 1 is 1.08 bits per heavy atom. The number of rotatable bonds is 4. The Morgan fingerprint density at radius 2 is 1.81 bits per heavy atom. The lowest BCUT2D eigenvalue weighted by Crippen LogP contribution is -2.15. The first-order chi connectivity index (χ1) is 12.7. The summed E-state index contributed by atoms with van der Waals surface area (Å²) in [7, 11) is 0. The highest BCUT2D eigenvalue weighted by Gasteiger charge is 2.21. The Morgan fingerprint density at radius 3 is 2.62 bits per heavy atom. The third-order valence-electron chi connectivity index (χ3n) is 4.43. The lowest BCUT2D eigenvalue weighted by Gasteiger charge is -2.14. The third kappa shape index (κ3) is 2.69. The molecule has 2 heterocycles. The summed E-state index contributed by atoms with van der Waals surface area (Å²) < 4.78 is 7.04. The van der Waals surface area contributed by atoms with Gasteiger partial charge in [-0.1, -0.05) is 35.5 Å². The maximum atomic E-state index is 12.6. The van der Waals surface area contributed by atoms with Gasteiger partial charge in [0.1, 0.15) is 5.52 Å². The van der Waals surface area contributed by atoms with Gasteiger partial charge in [-0.05, 0) is 37.6 Å². The zero-order valence-electron chi connectivity index (χ0n) is 14.6. The van der Waals surface area contributed by atoms with Crippen molar-refractivity contribution in [2.45, 2.75) is 20.4 Å². The van der Waals surface area contributed by atoms with Crippen LogP contribution < -0.4 is 0 Å². The van der Waals surface area contributed by atoms with E-state index < -0.39 is 0 Å². The Hall–Kier alpha value is -3.28. The molecule has 0 fully saturated rings. The van der Waals surface area contributed by atoms with Crippen molar-refractivity contribution in [1.82, 2.24) is 20.0 Å². The number of nitrogens with zero attached hydrogens (tertiary/aromatic N) is 4. The molecule has 0 amide bonds. The number of pyridine rings is 1. The van der Waals surface area contributed by atoms with Gasteiger partial charge >= 0.3 is 5.97 Å². The van der Waals surface area contributed by atoms with Gasteiger partial charge in [0, 0.05) is 5.39 Å². The monoisotopic (exact) mass is 346 g/mol. The number of para-hydroxylation sites is 2. The van der Waals surface area contributed by atoms with Crippen LogP contribution in [0.2, 0.25) is 0 Å². The second-order valence-electron chi connectivity index (χ2n) is 6.03. The van der Waals surface area contributed by atoms with Crippen LogP contribution >= 0.6 is 0 Å². The van der Waals surface area contributed by atoms with Crippen molar-refractivity contribution in [1.29, 1.82) is 0 Å². The minimum atomic E-state index is -0.359. The Kier molecular flexibility index (Phi) is 4.08. The smallest absolute Gasteiger partial charge is 0.340 e. The molecule has 0 aliphatic rings. The summed E-state index contributed by atoms with van der Waals surface area (Å²) >= 11 is 0.